The second kappa shape index (κ2) is 11.7. The number of hydrogen-bond donors (Lipinski definition) is 3. The summed E-state index contributed by atoms with van der Waals surface area (Å²) in [5.41, 5.74) is 2.47. The maximum absolute atomic E-state index is 13.4. The van der Waals surface area contributed by atoms with Crippen molar-refractivity contribution in [3.05, 3.63) is 65.1 Å². The number of benzene rings is 2. The molecular weight excluding hydrogens is 483 g/mol. The second-order valence-electron chi connectivity index (χ2n) is 9.97. The highest BCUT2D eigenvalue weighted by Gasteiger charge is 2.34. The van der Waals surface area contributed by atoms with E-state index in [9.17, 15) is 23.4 Å². The number of methoxy groups -OCH3 is 1. The summed E-state index contributed by atoms with van der Waals surface area (Å²) in [4.78, 5) is 6.70. The number of aryl methyl sites for hydroxylation is 1. The standard InChI is InChI=1S/C28H34F3N3O3/c1-18-16-33-24-4-3-20(37-2)15-21(24)26(18)25(36)5-6-28(17-35)7-10-34(11-8-28)12-9-32-19-13-22(29)27(31)23(30)14-19/h3-4,13-16,25,32,35-36H,5-12,17H2,1-2H3/t25-/m0/s1. The lowest BCUT2D eigenvalue weighted by Gasteiger charge is -2.41. The highest BCUT2D eigenvalue weighted by Crippen LogP contribution is 2.39. The summed E-state index contributed by atoms with van der Waals surface area (Å²) in [7, 11) is 1.61. The van der Waals surface area contributed by atoms with Crippen LogP contribution in [0.2, 0.25) is 0 Å². The number of piperidine rings is 1. The van der Waals surface area contributed by atoms with Crippen molar-refractivity contribution >= 4 is 16.6 Å². The molecule has 1 aromatic heterocycles. The van der Waals surface area contributed by atoms with Crippen molar-refractivity contribution in [1.82, 2.24) is 9.88 Å². The summed E-state index contributed by atoms with van der Waals surface area (Å²) in [5, 5.41) is 25.3. The number of pyridine rings is 1. The van der Waals surface area contributed by atoms with Crippen molar-refractivity contribution < 1.29 is 28.1 Å². The van der Waals surface area contributed by atoms with Crippen molar-refractivity contribution in [3.63, 3.8) is 0 Å². The number of likely N-dealkylation sites (tertiary alicyclic amines) is 1. The van der Waals surface area contributed by atoms with Gasteiger partial charge in [-0.25, -0.2) is 13.2 Å². The first kappa shape index (κ1) is 27.2. The molecule has 1 aliphatic rings. The number of fused-ring (bicyclic) bond motifs is 1. The Morgan fingerprint density at radius 2 is 1.84 bits per heavy atom. The molecule has 0 bridgehead atoms. The molecule has 0 aliphatic carbocycles. The van der Waals surface area contributed by atoms with Crippen LogP contribution in [-0.2, 0) is 0 Å². The van der Waals surface area contributed by atoms with Crippen molar-refractivity contribution in [3.8, 4) is 5.75 Å². The van der Waals surface area contributed by atoms with Crippen molar-refractivity contribution in [2.45, 2.75) is 38.7 Å². The van der Waals surface area contributed by atoms with E-state index in [1.807, 2.05) is 25.1 Å². The Balaban J connectivity index is 1.32. The number of aliphatic hydroxyl groups is 2. The molecular formula is C28H34F3N3O3. The van der Waals surface area contributed by atoms with Gasteiger partial charge in [-0.2, -0.15) is 0 Å². The lowest BCUT2D eigenvalue weighted by atomic mass is 9.74. The Kier molecular flexibility index (Phi) is 8.56. The van der Waals surface area contributed by atoms with E-state index in [0.717, 1.165) is 60.1 Å². The SMILES string of the molecule is COc1ccc2ncc(C)c([C@@H](O)CCC3(CO)CCN(CCNc4cc(F)c(F)c(F)c4)CC3)c2c1. The summed E-state index contributed by atoms with van der Waals surface area (Å²) in [6.45, 7) is 4.61. The van der Waals surface area contributed by atoms with E-state index in [2.05, 4.69) is 15.2 Å². The Labute approximate surface area is 215 Å². The molecule has 3 aromatic rings. The Morgan fingerprint density at radius 3 is 2.49 bits per heavy atom. The fourth-order valence-electron chi connectivity index (χ4n) is 5.20. The van der Waals surface area contributed by atoms with Gasteiger partial charge in [-0.05, 0) is 80.4 Å². The van der Waals surface area contributed by atoms with Gasteiger partial charge in [-0.3, -0.25) is 4.98 Å². The molecule has 9 heteroatoms. The number of halogens is 3. The average Bonchev–Trinajstić information content (AvgIpc) is 2.90. The Morgan fingerprint density at radius 1 is 1.14 bits per heavy atom. The quantitative estimate of drug-likeness (QED) is 0.330. The van der Waals surface area contributed by atoms with E-state index in [-0.39, 0.29) is 17.7 Å². The molecule has 6 nitrogen and oxygen atoms in total. The van der Waals surface area contributed by atoms with Gasteiger partial charge in [0.05, 0.1) is 18.7 Å². The zero-order valence-corrected chi connectivity index (χ0v) is 21.2. The van der Waals surface area contributed by atoms with Crippen molar-refractivity contribution in [2.75, 3.05) is 45.2 Å². The molecule has 0 saturated carbocycles. The molecule has 2 heterocycles. The summed E-state index contributed by atoms with van der Waals surface area (Å²) in [6, 6.07) is 7.52. The summed E-state index contributed by atoms with van der Waals surface area (Å²) in [5.74, 6) is -3.20. The fraction of sp³-hybridized carbons (Fsp3) is 0.464. The minimum Gasteiger partial charge on any atom is -0.497 e. The lowest BCUT2D eigenvalue weighted by Crippen LogP contribution is -2.43. The predicted molar refractivity (Wildman–Crippen MR) is 137 cm³/mol. The largest absolute Gasteiger partial charge is 0.497 e. The van der Waals surface area contributed by atoms with Crippen LogP contribution < -0.4 is 10.1 Å². The van der Waals surface area contributed by atoms with Crippen molar-refractivity contribution in [1.29, 1.82) is 0 Å². The van der Waals surface area contributed by atoms with Crippen LogP contribution in [0.15, 0.2) is 36.5 Å². The van der Waals surface area contributed by atoms with Crippen LogP contribution in [-0.4, -0.2) is 60.0 Å². The number of anilines is 1. The van der Waals surface area contributed by atoms with E-state index in [1.165, 1.54) is 0 Å². The molecule has 2 aromatic carbocycles. The number of ether oxygens (including phenoxy) is 1. The zero-order chi connectivity index (χ0) is 26.6. The smallest absolute Gasteiger partial charge is 0.194 e. The molecule has 4 rings (SSSR count). The van der Waals surface area contributed by atoms with Crippen LogP contribution in [0.4, 0.5) is 18.9 Å². The van der Waals surface area contributed by atoms with Crippen LogP contribution in [0.25, 0.3) is 10.9 Å². The molecule has 200 valence electrons. The highest BCUT2D eigenvalue weighted by molar-refractivity contribution is 5.84. The first-order valence-corrected chi connectivity index (χ1v) is 12.6. The van der Waals surface area contributed by atoms with Crippen molar-refractivity contribution in [2.24, 2.45) is 5.41 Å². The zero-order valence-electron chi connectivity index (χ0n) is 21.2. The van der Waals surface area contributed by atoms with Gasteiger partial charge in [0, 0.05) is 49.1 Å². The first-order valence-electron chi connectivity index (χ1n) is 12.6. The van der Waals surface area contributed by atoms with Crippen LogP contribution >= 0.6 is 0 Å². The Bertz CT molecular complexity index is 1210. The van der Waals surface area contributed by atoms with Crippen LogP contribution in [0, 0.1) is 29.8 Å². The number of hydrogen-bond acceptors (Lipinski definition) is 6. The third-order valence-electron chi connectivity index (χ3n) is 7.59. The van der Waals surface area contributed by atoms with Crippen LogP contribution in [0.1, 0.15) is 42.9 Å². The molecule has 1 saturated heterocycles. The number of rotatable bonds is 10. The van der Waals surface area contributed by atoms with Gasteiger partial charge in [0.25, 0.3) is 0 Å². The second-order valence-corrected chi connectivity index (χ2v) is 9.97. The molecule has 0 amide bonds. The van der Waals surface area contributed by atoms with E-state index < -0.39 is 23.6 Å². The lowest BCUT2D eigenvalue weighted by molar-refractivity contribution is 0.0247. The van der Waals surface area contributed by atoms with E-state index in [4.69, 9.17) is 4.74 Å². The van der Waals surface area contributed by atoms with Gasteiger partial charge < -0.3 is 25.2 Å². The Hall–Kier alpha value is -2.88. The summed E-state index contributed by atoms with van der Waals surface area (Å²) < 4.78 is 45.3. The first-order chi connectivity index (χ1) is 17.7. The topological polar surface area (TPSA) is 77.8 Å². The van der Waals surface area contributed by atoms with E-state index in [1.54, 1.807) is 13.3 Å². The fourth-order valence-corrected chi connectivity index (χ4v) is 5.20. The monoisotopic (exact) mass is 517 g/mol. The molecule has 37 heavy (non-hydrogen) atoms. The van der Waals surface area contributed by atoms with Gasteiger partial charge in [0.2, 0.25) is 0 Å². The molecule has 1 aliphatic heterocycles. The maximum Gasteiger partial charge on any atom is 0.194 e. The van der Waals surface area contributed by atoms with Crippen LogP contribution in [0.5, 0.6) is 5.75 Å². The van der Waals surface area contributed by atoms with Gasteiger partial charge in [-0.15, -0.1) is 0 Å². The number of aliphatic hydroxyl groups excluding tert-OH is 2. The van der Waals surface area contributed by atoms with Gasteiger partial charge in [-0.1, -0.05) is 0 Å². The summed E-state index contributed by atoms with van der Waals surface area (Å²) in [6.07, 6.45) is 3.83. The minimum absolute atomic E-state index is 0.0455. The third kappa shape index (κ3) is 6.17. The van der Waals surface area contributed by atoms with Crippen LogP contribution in [0.3, 0.4) is 0 Å². The molecule has 1 fully saturated rings. The predicted octanol–water partition coefficient (Wildman–Crippen LogP) is 4.97. The highest BCUT2D eigenvalue weighted by atomic mass is 19.2. The third-order valence-corrected chi connectivity index (χ3v) is 7.59. The number of aromatic nitrogens is 1. The van der Waals surface area contributed by atoms with Gasteiger partial charge in [0.1, 0.15) is 5.75 Å². The molecule has 1 atom stereocenters. The normalized spacial score (nSPS) is 16.6. The molecule has 3 N–H and O–H groups in total. The number of nitrogens with zero attached hydrogens (tertiary/aromatic N) is 2. The molecule has 0 radical (unpaired) electrons. The molecule has 0 unspecified atom stereocenters. The average molecular weight is 518 g/mol. The molecule has 0 spiro atoms. The minimum atomic E-state index is -1.47. The van der Waals surface area contributed by atoms with Gasteiger partial charge in [0.15, 0.2) is 17.5 Å². The summed E-state index contributed by atoms with van der Waals surface area (Å²) >= 11 is 0. The van der Waals surface area contributed by atoms with E-state index in [0.29, 0.717) is 31.7 Å². The number of nitrogens with one attached hydrogen (secondary N) is 1. The van der Waals surface area contributed by atoms with E-state index >= 15 is 0 Å². The van der Waals surface area contributed by atoms with Gasteiger partial charge >= 0.3 is 0 Å². The maximum atomic E-state index is 13.4.